The molecule has 699 valence electrons. The third kappa shape index (κ3) is 24.8. The number of amides is 6. The molecule has 6 fully saturated rings. The van der Waals surface area contributed by atoms with Crippen molar-refractivity contribution < 1.29 is 141 Å². The molecule has 3 aromatic carbocycles. The molecule has 9 aliphatic rings. The monoisotopic (exact) mass is 1890 g/mol. The second-order valence-electron chi connectivity index (χ2n) is 39.5. The Labute approximate surface area is 796 Å². The maximum Gasteiger partial charge on any atom is 0.408 e. The average molecular weight is 1890 g/mol. The molecule has 6 amide bonds. The number of hydrogen-bond acceptors (Lipinski definition) is 21. The van der Waals surface area contributed by atoms with Crippen LogP contribution in [0.1, 0.15) is 235 Å². The maximum absolute atomic E-state index is 14.1. The van der Waals surface area contributed by atoms with Crippen LogP contribution in [0.15, 0.2) is 72.8 Å². The van der Waals surface area contributed by atoms with Gasteiger partial charge in [0.2, 0.25) is 35.4 Å². The second kappa shape index (κ2) is 45.4. The molecule has 0 spiro atoms. The van der Waals surface area contributed by atoms with Gasteiger partial charge in [-0.25, -0.2) is 48.2 Å². The molecule has 0 unspecified atom stereocenters. The van der Waals surface area contributed by atoms with E-state index in [0.29, 0.717) is 65.5 Å². The molecule has 30 heteroatoms. The van der Waals surface area contributed by atoms with Crippen molar-refractivity contribution in [3.8, 4) is 34.9 Å². The van der Waals surface area contributed by atoms with E-state index in [2.05, 4.69) is 53.0 Å². The minimum absolute atomic E-state index is 0. The SMILES string of the molecule is CC[C@@H]1[C@@H]2CN(C(=O)[C@H](C(C)(C)C)NC(=O)O[C@@H]3CCC[C@H]3CCCCCc3cc4ccc(OC)cc4nc3O2)[C@@H]1[C-]=O.CC[C@@H]1[C@@H]2CN(C(=O)[C@H](C(C)(C)C)NC(=O)O[C@@H]3C[C@H]3CCCCCc3cc4ccc(OC)cc4nc3O2)[C@@H]1[C-]=O.COc1ccc2cc3c(nc2c1)O[C@H]1CN(C(=O)[C@H](C(C)(C)C)NC(=O)O[C@@H]2CCC[C@H]2CCCCC3)[C@H]([C-]=O)[C@@H]1C.[V].[V].[V]. The summed E-state index contributed by atoms with van der Waals surface area (Å²) >= 11 is 0. The van der Waals surface area contributed by atoms with Crippen molar-refractivity contribution in [3.63, 3.8) is 0 Å². The molecule has 3 saturated heterocycles. The molecule has 6 aliphatic heterocycles. The van der Waals surface area contributed by atoms with Crippen LogP contribution in [0.25, 0.3) is 32.7 Å². The van der Waals surface area contributed by atoms with Crippen LogP contribution >= 0.6 is 0 Å². The molecule has 6 bridgehead atoms. The molecule has 3 radical (unpaired) electrons. The Morgan fingerprint density at radius 1 is 0.380 bits per heavy atom. The van der Waals surface area contributed by atoms with E-state index < -0.39 is 89.1 Å². The van der Waals surface area contributed by atoms with Crippen LogP contribution in [-0.4, -0.2) is 198 Å². The van der Waals surface area contributed by atoms with Gasteiger partial charge in [-0.1, -0.05) is 153 Å². The molecule has 3 aromatic heterocycles. The van der Waals surface area contributed by atoms with Crippen LogP contribution in [0.4, 0.5) is 14.4 Å². The third-order valence-corrected chi connectivity index (χ3v) is 27.6. The van der Waals surface area contributed by atoms with Crippen molar-refractivity contribution in [3.05, 3.63) is 89.5 Å². The van der Waals surface area contributed by atoms with Crippen LogP contribution in [0, 0.1) is 51.8 Å². The number of nitrogens with one attached hydrogen (secondary N) is 3. The molecule has 18 atom stereocenters. The van der Waals surface area contributed by atoms with E-state index >= 15 is 0 Å². The summed E-state index contributed by atoms with van der Waals surface area (Å²) in [6, 6.07) is 18.8. The van der Waals surface area contributed by atoms with Gasteiger partial charge in [0.15, 0.2) is 0 Å². The number of benzene rings is 3. The standard InChI is InChI=1S/C34H46N3O6.C33H44N3O6.C32H42N3O6.3V/c1-6-25-27(20-38)37-19-29(25)42-31-23(17-22-15-16-24(41-5)18-26(22)35-31)12-9-7-8-11-21-13-10-14-28(21)43-33(40)36-30(32(37)39)34(2,3)4;1-20-26(19-37)36-18-28(20)41-30-23(16-22-14-15-24(40-5)17-25(22)34-30)11-8-6-7-10-21-12-9-13-27(21)42-32(39)35-29(31(36)38)33(2,3)4;1-6-23-25(18-36)35-17-27(23)40-29-21(14-19-12-13-22(39-5)16-24(19)33-29)11-9-7-8-10-20-15-26(20)41-31(38)34-28(30(35)37)32(2,3)4;;;/h15-18,21,25,27-30H,6-14,19H2,1-5H3,(H,36,40);14-17,20-21,26-29H,6-13,18H2,1-5H3,(H,35,39);12-14,16,20,23,25-28H,6-11,15,17H2,1-5H3,(H,34,38);;;/q3*-1;;;/t21-,25+,27-,28-,29+,30-;20-,21+,26+,27+,28-,29+;20-,23+,25-,26-,27+,28-;;;/m101.../s1. The van der Waals surface area contributed by atoms with Crippen LogP contribution in [-0.2, 0) is 118 Å². The average Bonchev–Trinajstić information content (AvgIpc) is 1.39. The van der Waals surface area contributed by atoms with Gasteiger partial charge in [0, 0.05) is 107 Å². The largest absolute Gasteiger partial charge is 0.540 e. The summed E-state index contributed by atoms with van der Waals surface area (Å²) in [6.07, 6.45) is 25.4. The van der Waals surface area contributed by atoms with Crippen molar-refractivity contribution in [1.82, 2.24) is 45.6 Å². The summed E-state index contributed by atoms with van der Waals surface area (Å²) in [5.41, 5.74) is 3.49. The fourth-order valence-corrected chi connectivity index (χ4v) is 20.1. The van der Waals surface area contributed by atoms with Gasteiger partial charge >= 0.3 is 18.3 Å². The van der Waals surface area contributed by atoms with Crippen molar-refractivity contribution in [2.24, 2.45) is 51.8 Å². The minimum Gasteiger partial charge on any atom is -0.540 e. The topological polar surface area (TPSA) is 321 Å². The van der Waals surface area contributed by atoms with E-state index in [-0.39, 0.29) is 129 Å². The molecule has 9 heterocycles. The minimum atomic E-state index is -0.882. The first-order valence-electron chi connectivity index (χ1n) is 46.2. The number of ether oxygens (including phenoxy) is 9. The van der Waals surface area contributed by atoms with Gasteiger partial charge in [-0.3, -0.25) is 14.4 Å². The molecule has 3 saturated carbocycles. The number of fused-ring (bicyclic) bond motifs is 15. The van der Waals surface area contributed by atoms with Crippen molar-refractivity contribution >= 4 is 87.6 Å². The molecular formula is C99H132N9O18V3-3. The summed E-state index contributed by atoms with van der Waals surface area (Å²) in [7, 11) is 4.88. The van der Waals surface area contributed by atoms with Crippen LogP contribution in [0.2, 0.25) is 0 Å². The zero-order chi connectivity index (χ0) is 90.1. The van der Waals surface area contributed by atoms with Gasteiger partial charge in [0.1, 0.15) is 72.0 Å². The molecule has 3 N–H and O–H groups in total. The summed E-state index contributed by atoms with van der Waals surface area (Å²) in [4.78, 5) is 138. The number of nitrogens with zero attached hydrogens (tertiary/aromatic N) is 6. The third-order valence-electron chi connectivity index (χ3n) is 27.6. The number of alkyl carbamates (subject to hydrolysis) is 3. The van der Waals surface area contributed by atoms with Crippen molar-refractivity contribution in [2.75, 3.05) is 41.0 Å². The molecular weight excluding hydrogens is 1760 g/mol. The second-order valence-corrected chi connectivity index (χ2v) is 39.5. The zero-order valence-corrected chi connectivity index (χ0v) is 82.0. The van der Waals surface area contributed by atoms with Gasteiger partial charge in [-0.15, -0.1) is 0 Å². The zero-order valence-electron chi connectivity index (χ0n) is 77.8. The number of aryl methyl sites for hydroxylation is 3. The van der Waals surface area contributed by atoms with Gasteiger partial charge in [-0.2, -0.15) is 0 Å². The number of carbonyl (C=O) groups is 6. The van der Waals surface area contributed by atoms with Gasteiger partial charge in [-0.05, 0) is 209 Å². The molecule has 15 rings (SSSR count). The first-order valence-corrected chi connectivity index (χ1v) is 46.2. The number of rotatable bonds is 8. The van der Waals surface area contributed by atoms with Crippen LogP contribution in [0.3, 0.4) is 0 Å². The Balaban J connectivity index is 0.000000199. The number of hydrogen-bond donors (Lipinski definition) is 3. The first kappa shape index (κ1) is 103. The van der Waals surface area contributed by atoms with Crippen molar-refractivity contribution in [1.29, 1.82) is 0 Å². The predicted octanol–water partition coefficient (Wildman–Crippen LogP) is 16.1. The number of pyridine rings is 3. The van der Waals surface area contributed by atoms with Crippen LogP contribution in [0.5, 0.6) is 34.9 Å². The molecule has 27 nitrogen and oxygen atoms in total. The van der Waals surface area contributed by atoms with Gasteiger partial charge in [0.05, 0.1) is 57.5 Å². The number of carbonyl (C=O) groups excluding carboxylic acids is 9. The fraction of sp³-hybridized carbons (Fsp3) is 0.636. The summed E-state index contributed by atoms with van der Waals surface area (Å²) in [6.45, 7) is 23.5. The molecule has 129 heavy (non-hydrogen) atoms. The Kier molecular flexibility index (Phi) is 36.2. The van der Waals surface area contributed by atoms with Gasteiger partial charge in [0.25, 0.3) is 0 Å². The van der Waals surface area contributed by atoms with Gasteiger partial charge < -0.3 is 87.7 Å². The predicted molar refractivity (Wildman–Crippen MR) is 478 cm³/mol. The smallest absolute Gasteiger partial charge is 0.408 e. The summed E-state index contributed by atoms with van der Waals surface area (Å²) in [5.74, 6) is 2.86. The van der Waals surface area contributed by atoms with E-state index in [1.54, 1.807) is 21.3 Å². The first-order chi connectivity index (χ1) is 60.3. The molecule has 6 aromatic rings. The van der Waals surface area contributed by atoms with Crippen molar-refractivity contribution in [2.45, 2.75) is 310 Å². The van der Waals surface area contributed by atoms with E-state index in [4.69, 9.17) is 57.6 Å². The maximum atomic E-state index is 14.1. The molecule has 3 aliphatic carbocycles. The van der Waals surface area contributed by atoms with E-state index in [9.17, 15) is 43.2 Å². The van der Waals surface area contributed by atoms with Crippen LogP contribution < -0.4 is 44.4 Å². The number of aromatic nitrogens is 3. The Morgan fingerprint density at radius 3 is 1.02 bits per heavy atom. The van der Waals surface area contributed by atoms with E-state index in [1.165, 1.54) is 14.7 Å². The Morgan fingerprint density at radius 2 is 0.690 bits per heavy atom. The number of methoxy groups -OCH3 is 3. The van der Waals surface area contributed by atoms with E-state index in [1.807, 2.05) is 138 Å². The summed E-state index contributed by atoms with van der Waals surface area (Å²) in [5, 5.41) is 11.6. The Bertz CT molecular complexity index is 4890. The Hall–Kier alpha value is -8.33. The van der Waals surface area contributed by atoms with E-state index in [0.717, 1.165) is 191 Å². The fourth-order valence-electron chi connectivity index (χ4n) is 20.1. The normalized spacial score (nSPS) is 28.5. The quantitative estimate of drug-likeness (QED) is 0.0941. The summed E-state index contributed by atoms with van der Waals surface area (Å²) < 4.78 is 53.7.